The minimum Gasteiger partial charge on any atom is -0.456 e. The smallest absolute Gasteiger partial charge is 0.137 e. The van der Waals surface area contributed by atoms with Crippen LogP contribution in [0.25, 0.3) is 110 Å². The summed E-state index contributed by atoms with van der Waals surface area (Å²) in [7, 11) is 0. The van der Waals surface area contributed by atoms with Crippen LogP contribution in [-0.2, 0) is 0 Å². The number of hydrogen-bond acceptors (Lipinski definition) is 3. The number of rotatable bonds is 3. The van der Waals surface area contributed by atoms with E-state index in [9.17, 15) is 5.26 Å². The third-order valence-corrected chi connectivity index (χ3v) is 11.1. The van der Waals surface area contributed by atoms with Gasteiger partial charge in [-0.2, -0.15) is 5.26 Å². The van der Waals surface area contributed by atoms with Crippen LogP contribution in [0.4, 0.5) is 0 Å². The molecule has 0 radical (unpaired) electrons. The molecular formula is C49H27N3O2. The highest BCUT2D eigenvalue weighted by Gasteiger charge is 2.21. The van der Waals surface area contributed by atoms with E-state index in [1.807, 2.05) is 36.4 Å². The largest absolute Gasteiger partial charge is 0.456 e. The van der Waals surface area contributed by atoms with Gasteiger partial charge in [-0.15, -0.1) is 0 Å². The lowest BCUT2D eigenvalue weighted by atomic mass is 10.0. The lowest BCUT2D eigenvalue weighted by Crippen LogP contribution is -1.97. The third kappa shape index (κ3) is 3.91. The summed E-state index contributed by atoms with van der Waals surface area (Å²) in [5.74, 6) is 0. The molecule has 4 aromatic heterocycles. The van der Waals surface area contributed by atoms with Gasteiger partial charge in [-0.05, 0) is 90.0 Å². The van der Waals surface area contributed by atoms with Gasteiger partial charge in [0, 0.05) is 43.7 Å². The number of furan rings is 2. The fraction of sp³-hybridized carbons (Fsp3) is 0. The van der Waals surface area contributed by atoms with Gasteiger partial charge in [0.1, 0.15) is 22.3 Å². The number of benzene rings is 8. The molecule has 0 unspecified atom stereocenters. The summed E-state index contributed by atoms with van der Waals surface area (Å²) in [5, 5.41) is 19.4. The van der Waals surface area contributed by atoms with E-state index in [4.69, 9.17) is 8.83 Å². The molecule has 12 aromatic rings. The fourth-order valence-corrected chi connectivity index (χ4v) is 8.84. The van der Waals surface area contributed by atoms with Gasteiger partial charge in [0.2, 0.25) is 0 Å². The van der Waals surface area contributed by atoms with E-state index in [-0.39, 0.29) is 0 Å². The summed E-state index contributed by atoms with van der Waals surface area (Å²) in [6, 6.07) is 59.4. The van der Waals surface area contributed by atoms with Crippen molar-refractivity contribution in [2.24, 2.45) is 0 Å². The third-order valence-electron chi connectivity index (χ3n) is 11.1. The highest BCUT2D eigenvalue weighted by Crippen LogP contribution is 2.43. The zero-order chi connectivity index (χ0) is 35.5. The van der Waals surface area contributed by atoms with Gasteiger partial charge in [-0.3, -0.25) is 0 Å². The predicted molar refractivity (Wildman–Crippen MR) is 220 cm³/mol. The van der Waals surface area contributed by atoms with Crippen molar-refractivity contribution in [1.29, 1.82) is 5.26 Å². The molecule has 0 saturated carbocycles. The van der Waals surface area contributed by atoms with Gasteiger partial charge in [-0.1, -0.05) is 84.9 Å². The van der Waals surface area contributed by atoms with Crippen LogP contribution in [0, 0.1) is 11.3 Å². The second kappa shape index (κ2) is 10.7. The van der Waals surface area contributed by atoms with Crippen molar-refractivity contribution in [3.8, 4) is 28.6 Å². The quantitative estimate of drug-likeness (QED) is 0.185. The highest BCUT2D eigenvalue weighted by atomic mass is 16.3. The topological polar surface area (TPSA) is 59.9 Å². The zero-order valence-corrected chi connectivity index (χ0v) is 28.7. The van der Waals surface area contributed by atoms with Crippen molar-refractivity contribution in [2.45, 2.75) is 0 Å². The van der Waals surface area contributed by atoms with E-state index < -0.39 is 0 Å². The maximum atomic E-state index is 10.4. The Hall–Kier alpha value is -7.55. The van der Waals surface area contributed by atoms with Crippen LogP contribution in [0.3, 0.4) is 0 Å². The molecule has 0 aliphatic heterocycles. The monoisotopic (exact) mass is 689 g/mol. The van der Waals surface area contributed by atoms with Crippen LogP contribution in [0.2, 0.25) is 0 Å². The van der Waals surface area contributed by atoms with Gasteiger partial charge in [0.05, 0.1) is 44.5 Å². The molecular weight excluding hydrogens is 663 g/mol. The number of nitriles is 1. The van der Waals surface area contributed by atoms with Crippen LogP contribution >= 0.6 is 0 Å². The molecule has 0 N–H and O–H groups in total. The Labute approximate surface area is 307 Å². The van der Waals surface area contributed by atoms with Crippen LogP contribution in [-0.4, -0.2) is 9.13 Å². The molecule has 0 atom stereocenters. The first-order chi connectivity index (χ1) is 26.7. The summed E-state index contributed by atoms with van der Waals surface area (Å²) in [6.07, 6.45) is 0. The Bertz CT molecular complexity index is 3570. The van der Waals surface area contributed by atoms with Gasteiger partial charge >= 0.3 is 0 Å². The fourth-order valence-electron chi connectivity index (χ4n) is 8.84. The molecule has 0 amide bonds. The molecule has 0 aliphatic rings. The standard InChI is InChI=1S/C49H27N3O2/c50-28-29-25-31(27-33(26-29)52-41-14-6-2-10-35(41)37-22-24-45-47(49(37)52)39-12-4-8-16-43(39)54-45)30-17-19-32(20-18-30)51-40-13-5-1-9-34(40)36-21-23-44-46(48(36)51)38-11-3-7-15-42(38)53-44/h1-27H. The summed E-state index contributed by atoms with van der Waals surface area (Å²) in [4.78, 5) is 0. The SMILES string of the molecule is N#Cc1cc(-c2ccc(-n3c4ccccc4c4ccc5oc6ccccc6c5c43)cc2)cc(-n2c3ccccc3c3ccc4oc5ccccc5c4c32)c1. The van der Waals surface area contributed by atoms with Crippen LogP contribution in [0.1, 0.15) is 5.56 Å². The number of hydrogen-bond donors (Lipinski definition) is 0. The minimum atomic E-state index is 0.596. The molecule has 54 heavy (non-hydrogen) atoms. The maximum Gasteiger partial charge on any atom is 0.137 e. The maximum absolute atomic E-state index is 10.4. The van der Waals surface area contributed by atoms with E-state index in [1.165, 1.54) is 10.8 Å². The molecule has 0 bridgehead atoms. The Kier molecular flexibility index (Phi) is 5.78. The second-order valence-corrected chi connectivity index (χ2v) is 14.0. The number of nitrogens with zero attached hydrogens (tertiary/aromatic N) is 3. The van der Waals surface area contributed by atoms with Crippen molar-refractivity contribution < 1.29 is 8.83 Å². The molecule has 0 spiro atoms. The van der Waals surface area contributed by atoms with E-state index in [1.54, 1.807) is 0 Å². The Morgan fingerprint density at radius 2 is 0.889 bits per heavy atom. The average molecular weight is 690 g/mol. The molecule has 5 nitrogen and oxygen atoms in total. The predicted octanol–water partition coefficient (Wildman–Crippen LogP) is 13.2. The Morgan fingerprint density at radius 1 is 0.389 bits per heavy atom. The molecule has 250 valence electrons. The van der Waals surface area contributed by atoms with Crippen molar-refractivity contribution in [2.75, 3.05) is 0 Å². The second-order valence-electron chi connectivity index (χ2n) is 14.0. The molecule has 8 aromatic carbocycles. The van der Waals surface area contributed by atoms with Gasteiger partial charge in [0.25, 0.3) is 0 Å². The number of para-hydroxylation sites is 4. The van der Waals surface area contributed by atoms with E-state index in [2.05, 4.69) is 143 Å². The first kappa shape index (κ1) is 29.1. The lowest BCUT2D eigenvalue weighted by molar-refractivity contribution is 0.669. The van der Waals surface area contributed by atoms with Crippen LogP contribution in [0.15, 0.2) is 173 Å². The molecule has 0 fully saturated rings. The van der Waals surface area contributed by atoms with E-state index >= 15 is 0 Å². The first-order valence-electron chi connectivity index (χ1n) is 18.1. The molecule has 5 heteroatoms. The minimum absolute atomic E-state index is 0.596. The Balaban J connectivity index is 1.08. The molecule has 12 rings (SSSR count). The number of fused-ring (bicyclic) bond motifs is 14. The molecule has 0 saturated heterocycles. The van der Waals surface area contributed by atoms with Gasteiger partial charge in [-0.25, -0.2) is 0 Å². The van der Waals surface area contributed by atoms with Crippen LogP contribution in [0.5, 0.6) is 0 Å². The summed E-state index contributed by atoms with van der Waals surface area (Å²) >= 11 is 0. The van der Waals surface area contributed by atoms with Gasteiger partial charge < -0.3 is 18.0 Å². The summed E-state index contributed by atoms with van der Waals surface area (Å²) < 4.78 is 17.3. The van der Waals surface area contributed by atoms with Crippen LogP contribution < -0.4 is 0 Å². The molecule has 0 aliphatic carbocycles. The normalized spacial score (nSPS) is 12.1. The summed E-state index contributed by atoms with van der Waals surface area (Å²) in [6.45, 7) is 0. The van der Waals surface area contributed by atoms with Gasteiger partial charge in [0.15, 0.2) is 0 Å². The van der Waals surface area contributed by atoms with E-state index in [0.717, 1.165) is 99.2 Å². The number of aromatic nitrogens is 2. The van der Waals surface area contributed by atoms with E-state index in [0.29, 0.717) is 5.56 Å². The van der Waals surface area contributed by atoms with Crippen molar-refractivity contribution in [3.05, 3.63) is 169 Å². The molecule has 4 heterocycles. The zero-order valence-electron chi connectivity index (χ0n) is 28.7. The highest BCUT2D eigenvalue weighted by molar-refractivity contribution is 6.25. The Morgan fingerprint density at radius 3 is 1.44 bits per heavy atom. The lowest BCUT2D eigenvalue weighted by Gasteiger charge is -2.13. The van der Waals surface area contributed by atoms with Crippen molar-refractivity contribution in [3.63, 3.8) is 0 Å². The van der Waals surface area contributed by atoms with Crippen molar-refractivity contribution in [1.82, 2.24) is 9.13 Å². The average Bonchev–Trinajstić information content (AvgIpc) is 3.98. The van der Waals surface area contributed by atoms with Crippen molar-refractivity contribution >= 4 is 87.5 Å². The summed E-state index contributed by atoms with van der Waals surface area (Å²) in [5.41, 5.74) is 12.4. The first-order valence-corrected chi connectivity index (χ1v) is 18.1.